The number of hydrogen-bond acceptors (Lipinski definition) is 5. The standard InChI is InChI=1S/C20H25FN2O4S/c1-23(13-11-20(24)22-17-9-7-16(21)8-10-17)12-4-14-27-18-5-3-6-19(15-18)28(2,25)26/h3,5-10,15H,4,11-14H2,1-2H3,(H,22,24). The summed E-state index contributed by atoms with van der Waals surface area (Å²) in [5.74, 6) is 0.0412. The number of benzene rings is 2. The highest BCUT2D eigenvalue weighted by Gasteiger charge is 2.08. The molecule has 0 atom stereocenters. The quantitative estimate of drug-likeness (QED) is 0.612. The van der Waals surface area contributed by atoms with E-state index in [4.69, 9.17) is 4.74 Å². The smallest absolute Gasteiger partial charge is 0.225 e. The van der Waals surface area contributed by atoms with E-state index in [0.717, 1.165) is 19.2 Å². The van der Waals surface area contributed by atoms with Crippen molar-refractivity contribution in [2.45, 2.75) is 17.7 Å². The molecule has 28 heavy (non-hydrogen) atoms. The fourth-order valence-electron chi connectivity index (χ4n) is 2.48. The number of hydrogen-bond donors (Lipinski definition) is 1. The lowest BCUT2D eigenvalue weighted by atomic mass is 10.3. The molecular weight excluding hydrogens is 383 g/mol. The van der Waals surface area contributed by atoms with Crippen LogP contribution in [0.2, 0.25) is 0 Å². The van der Waals surface area contributed by atoms with Crippen molar-refractivity contribution in [1.82, 2.24) is 4.90 Å². The zero-order valence-electron chi connectivity index (χ0n) is 16.0. The van der Waals surface area contributed by atoms with E-state index in [-0.39, 0.29) is 16.6 Å². The molecule has 0 aliphatic rings. The van der Waals surface area contributed by atoms with Crippen LogP contribution in [0, 0.1) is 5.82 Å². The van der Waals surface area contributed by atoms with Crippen molar-refractivity contribution >= 4 is 21.4 Å². The summed E-state index contributed by atoms with van der Waals surface area (Å²) >= 11 is 0. The maximum Gasteiger partial charge on any atom is 0.225 e. The average molecular weight is 408 g/mol. The average Bonchev–Trinajstić information content (AvgIpc) is 2.65. The van der Waals surface area contributed by atoms with E-state index in [1.807, 2.05) is 11.9 Å². The minimum Gasteiger partial charge on any atom is -0.494 e. The lowest BCUT2D eigenvalue weighted by Crippen LogP contribution is -2.26. The van der Waals surface area contributed by atoms with Crippen LogP contribution in [0.3, 0.4) is 0 Å². The highest BCUT2D eigenvalue weighted by Crippen LogP contribution is 2.17. The SMILES string of the molecule is CN(CCCOc1cccc(S(C)(=O)=O)c1)CCC(=O)Nc1ccc(F)cc1. The van der Waals surface area contributed by atoms with E-state index in [0.29, 0.717) is 31.0 Å². The first kappa shape index (κ1) is 21.8. The minimum absolute atomic E-state index is 0.132. The number of ether oxygens (including phenoxy) is 1. The highest BCUT2D eigenvalue weighted by molar-refractivity contribution is 7.90. The van der Waals surface area contributed by atoms with Crippen molar-refractivity contribution in [1.29, 1.82) is 0 Å². The molecular formula is C20H25FN2O4S. The summed E-state index contributed by atoms with van der Waals surface area (Å²) in [6, 6.07) is 12.1. The largest absolute Gasteiger partial charge is 0.494 e. The van der Waals surface area contributed by atoms with Crippen molar-refractivity contribution in [3.63, 3.8) is 0 Å². The van der Waals surface area contributed by atoms with Gasteiger partial charge in [0.25, 0.3) is 0 Å². The third kappa shape index (κ3) is 7.66. The maximum atomic E-state index is 12.8. The Morgan fingerprint density at radius 1 is 1.14 bits per heavy atom. The Labute approximate surface area is 165 Å². The van der Waals surface area contributed by atoms with E-state index in [1.165, 1.54) is 36.4 Å². The van der Waals surface area contributed by atoms with Crippen LogP contribution in [0.4, 0.5) is 10.1 Å². The zero-order chi connectivity index (χ0) is 20.6. The van der Waals surface area contributed by atoms with Crippen LogP contribution in [0.5, 0.6) is 5.75 Å². The Hall–Kier alpha value is -2.45. The molecule has 152 valence electrons. The number of nitrogens with one attached hydrogen (secondary N) is 1. The van der Waals surface area contributed by atoms with Gasteiger partial charge in [0.15, 0.2) is 9.84 Å². The predicted octanol–water partition coefficient (Wildman–Crippen LogP) is 2.96. The van der Waals surface area contributed by atoms with Gasteiger partial charge in [-0.25, -0.2) is 12.8 Å². The molecule has 0 saturated carbocycles. The molecule has 0 aromatic heterocycles. The Morgan fingerprint density at radius 2 is 1.86 bits per heavy atom. The first-order valence-electron chi connectivity index (χ1n) is 8.91. The number of anilines is 1. The number of nitrogens with zero attached hydrogens (tertiary/aromatic N) is 1. The number of carbonyl (C=O) groups excluding carboxylic acids is 1. The zero-order valence-corrected chi connectivity index (χ0v) is 16.8. The summed E-state index contributed by atoms with van der Waals surface area (Å²) in [7, 11) is -1.34. The second kappa shape index (κ2) is 10.2. The summed E-state index contributed by atoms with van der Waals surface area (Å²) in [6.07, 6.45) is 2.22. The number of carbonyl (C=O) groups is 1. The van der Waals surface area contributed by atoms with Crippen molar-refractivity contribution in [2.24, 2.45) is 0 Å². The van der Waals surface area contributed by atoms with Crippen LogP contribution in [0.15, 0.2) is 53.4 Å². The number of halogens is 1. The van der Waals surface area contributed by atoms with Crippen molar-refractivity contribution < 1.29 is 22.3 Å². The second-order valence-corrected chi connectivity index (χ2v) is 8.57. The van der Waals surface area contributed by atoms with E-state index in [1.54, 1.807) is 12.1 Å². The molecule has 0 saturated heterocycles. The molecule has 0 fully saturated rings. The van der Waals surface area contributed by atoms with Crippen LogP contribution >= 0.6 is 0 Å². The van der Waals surface area contributed by atoms with Gasteiger partial charge in [-0.05, 0) is 55.9 Å². The van der Waals surface area contributed by atoms with Gasteiger partial charge in [-0.1, -0.05) is 6.07 Å². The van der Waals surface area contributed by atoms with Gasteiger partial charge in [0.05, 0.1) is 11.5 Å². The van der Waals surface area contributed by atoms with Gasteiger partial charge in [-0.2, -0.15) is 0 Å². The van der Waals surface area contributed by atoms with Gasteiger partial charge in [-0.3, -0.25) is 4.79 Å². The van der Waals surface area contributed by atoms with E-state index < -0.39 is 9.84 Å². The summed E-state index contributed by atoms with van der Waals surface area (Å²) in [6.45, 7) is 1.76. The Bertz CT molecular complexity index is 885. The fourth-order valence-corrected chi connectivity index (χ4v) is 3.14. The lowest BCUT2D eigenvalue weighted by molar-refractivity contribution is -0.116. The highest BCUT2D eigenvalue weighted by atomic mass is 32.2. The van der Waals surface area contributed by atoms with Crippen LogP contribution < -0.4 is 10.1 Å². The van der Waals surface area contributed by atoms with E-state index in [9.17, 15) is 17.6 Å². The van der Waals surface area contributed by atoms with Gasteiger partial charge in [0.1, 0.15) is 11.6 Å². The van der Waals surface area contributed by atoms with Gasteiger partial charge >= 0.3 is 0 Å². The van der Waals surface area contributed by atoms with Gasteiger partial charge in [0.2, 0.25) is 5.91 Å². The molecule has 2 aromatic rings. The minimum atomic E-state index is -3.25. The van der Waals surface area contributed by atoms with Gasteiger partial charge < -0.3 is 15.0 Å². The molecule has 1 N–H and O–H groups in total. The van der Waals surface area contributed by atoms with Crippen LogP contribution in [-0.2, 0) is 14.6 Å². The first-order chi connectivity index (χ1) is 13.2. The maximum absolute atomic E-state index is 12.8. The molecule has 0 aliphatic carbocycles. The predicted molar refractivity (Wildman–Crippen MR) is 107 cm³/mol. The monoisotopic (exact) mass is 408 g/mol. The normalized spacial score (nSPS) is 11.4. The molecule has 2 aromatic carbocycles. The summed E-state index contributed by atoms with van der Waals surface area (Å²) in [4.78, 5) is 14.2. The molecule has 2 rings (SSSR count). The fraction of sp³-hybridized carbons (Fsp3) is 0.350. The Morgan fingerprint density at radius 3 is 2.54 bits per heavy atom. The van der Waals surface area contributed by atoms with Gasteiger partial charge in [0, 0.05) is 31.5 Å². The van der Waals surface area contributed by atoms with E-state index >= 15 is 0 Å². The second-order valence-electron chi connectivity index (χ2n) is 6.56. The molecule has 0 spiro atoms. The summed E-state index contributed by atoms with van der Waals surface area (Å²) < 4.78 is 41.6. The summed E-state index contributed by atoms with van der Waals surface area (Å²) in [5.41, 5.74) is 0.568. The van der Waals surface area contributed by atoms with Crippen molar-refractivity contribution in [3.8, 4) is 5.75 Å². The third-order valence-electron chi connectivity index (χ3n) is 4.04. The van der Waals surface area contributed by atoms with Crippen LogP contribution in [0.25, 0.3) is 0 Å². The van der Waals surface area contributed by atoms with Crippen molar-refractivity contribution in [2.75, 3.05) is 38.3 Å². The molecule has 1 amide bonds. The topological polar surface area (TPSA) is 75.7 Å². The van der Waals surface area contributed by atoms with E-state index in [2.05, 4.69) is 5.32 Å². The number of amides is 1. The lowest BCUT2D eigenvalue weighted by Gasteiger charge is -2.16. The molecule has 0 heterocycles. The molecule has 0 aliphatic heterocycles. The van der Waals surface area contributed by atoms with Crippen molar-refractivity contribution in [3.05, 3.63) is 54.3 Å². The number of sulfone groups is 1. The Balaban J connectivity index is 1.65. The molecule has 0 unspecified atom stereocenters. The third-order valence-corrected chi connectivity index (χ3v) is 5.15. The number of rotatable bonds is 10. The molecule has 0 radical (unpaired) electrons. The molecule has 0 bridgehead atoms. The molecule has 8 heteroatoms. The molecule has 6 nitrogen and oxygen atoms in total. The van der Waals surface area contributed by atoms with Gasteiger partial charge in [-0.15, -0.1) is 0 Å². The van der Waals surface area contributed by atoms with Crippen LogP contribution in [-0.4, -0.2) is 52.2 Å². The Kier molecular flexibility index (Phi) is 7.95. The van der Waals surface area contributed by atoms with Crippen LogP contribution in [0.1, 0.15) is 12.8 Å². The first-order valence-corrected chi connectivity index (χ1v) is 10.8. The summed E-state index contributed by atoms with van der Waals surface area (Å²) in [5, 5.41) is 2.72.